The van der Waals surface area contributed by atoms with Crippen LogP contribution in [-0.2, 0) is 9.53 Å². The van der Waals surface area contributed by atoms with Gasteiger partial charge in [-0.25, -0.2) is 0 Å². The molecule has 1 saturated heterocycles. The van der Waals surface area contributed by atoms with E-state index in [1.807, 2.05) is 0 Å². The Labute approximate surface area is 140 Å². The molecule has 1 heterocycles. The van der Waals surface area contributed by atoms with Crippen LogP contribution in [0.15, 0.2) is 0 Å². The Bertz CT molecular complexity index is 419. The number of quaternary nitrogens is 1. The Balaban J connectivity index is 1.28. The van der Waals surface area contributed by atoms with Crippen molar-refractivity contribution in [2.45, 2.75) is 64.6 Å². The predicted molar refractivity (Wildman–Crippen MR) is 89.2 cm³/mol. The fourth-order valence-corrected chi connectivity index (χ4v) is 6.62. The van der Waals surface area contributed by atoms with Gasteiger partial charge in [-0.3, -0.25) is 4.79 Å². The minimum atomic E-state index is 0.247. The molecule has 4 nitrogen and oxygen atoms in total. The highest BCUT2D eigenvalue weighted by molar-refractivity contribution is 5.76. The van der Waals surface area contributed by atoms with E-state index >= 15 is 0 Å². The van der Waals surface area contributed by atoms with Gasteiger partial charge < -0.3 is 15.0 Å². The molecule has 0 radical (unpaired) electrons. The standard InChI is InChI=1S/C19H32N2O2/c1-13-9-21(10-14(2)23-13)11-18(22)20-12-19-6-15-3-16(7-19)5-17(4-15)8-19/h13-17H,3-12H2,1-2H3,(H,20,22)/p+1/t13-,14+,15?,16?,17?,19?. The van der Waals surface area contributed by atoms with E-state index in [4.69, 9.17) is 4.74 Å². The lowest BCUT2D eigenvalue weighted by molar-refractivity contribution is -0.907. The fourth-order valence-electron chi connectivity index (χ4n) is 6.62. The van der Waals surface area contributed by atoms with Crippen LogP contribution in [0, 0.1) is 23.2 Å². The van der Waals surface area contributed by atoms with E-state index in [1.165, 1.54) is 43.4 Å². The summed E-state index contributed by atoms with van der Waals surface area (Å²) < 4.78 is 5.77. The Kier molecular flexibility index (Phi) is 4.17. The molecule has 4 aliphatic carbocycles. The summed E-state index contributed by atoms with van der Waals surface area (Å²) in [7, 11) is 0. The maximum absolute atomic E-state index is 12.4. The van der Waals surface area contributed by atoms with Gasteiger partial charge in [-0.15, -0.1) is 0 Å². The SMILES string of the molecule is C[C@@H]1C[NH+](CC(=O)NCC23CC4CC(CC(C4)C2)C3)C[C@H](C)O1. The number of morpholine rings is 1. The molecule has 0 aromatic rings. The van der Waals surface area contributed by atoms with Gasteiger partial charge in [-0.2, -0.15) is 0 Å². The highest BCUT2D eigenvalue weighted by Gasteiger charge is 2.50. The second-order valence-corrected chi connectivity index (χ2v) is 9.29. The number of ether oxygens (including phenoxy) is 1. The van der Waals surface area contributed by atoms with Crippen molar-refractivity contribution in [2.75, 3.05) is 26.2 Å². The molecule has 5 aliphatic rings. The minimum Gasteiger partial charge on any atom is -0.364 e. The van der Waals surface area contributed by atoms with E-state index in [1.54, 1.807) is 0 Å². The minimum absolute atomic E-state index is 0.247. The zero-order valence-corrected chi connectivity index (χ0v) is 14.8. The van der Waals surface area contributed by atoms with E-state index in [-0.39, 0.29) is 18.1 Å². The van der Waals surface area contributed by atoms with Crippen LogP contribution in [0.3, 0.4) is 0 Å². The lowest BCUT2D eigenvalue weighted by Gasteiger charge is -2.56. The van der Waals surface area contributed by atoms with Gasteiger partial charge in [-0.05, 0) is 75.5 Å². The zero-order chi connectivity index (χ0) is 16.0. The van der Waals surface area contributed by atoms with Gasteiger partial charge in [0.2, 0.25) is 0 Å². The predicted octanol–water partition coefficient (Wildman–Crippen LogP) is 1.01. The van der Waals surface area contributed by atoms with Gasteiger partial charge in [0.1, 0.15) is 25.3 Å². The number of amides is 1. The van der Waals surface area contributed by atoms with Crippen molar-refractivity contribution in [1.82, 2.24) is 5.32 Å². The van der Waals surface area contributed by atoms with E-state index in [0.29, 0.717) is 12.0 Å². The molecule has 2 N–H and O–H groups in total. The lowest BCUT2D eigenvalue weighted by atomic mass is 9.49. The molecule has 5 fully saturated rings. The summed E-state index contributed by atoms with van der Waals surface area (Å²) in [6, 6.07) is 0. The molecule has 0 spiro atoms. The molecular formula is C19H33N2O2+. The van der Waals surface area contributed by atoms with Crippen molar-refractivity contribution in [2.24, 2.45) is 23.2 Å². The zero-order valence-electron chi connectivity index (χ0n) is 14.8. The number of hydrogen-bond acceptors (Lipinski definition) is 2. The molecule has 130 valence electrons. The molecule has 1 aliphatic heterocycles. The first-order valence-electron chi connectivity index (χ1n) is 9.75. The number of carbonyl (C=O) groups is 1. The first kappa shape index (κ1) is 15.9. The second-order valence-electron chi connectivity index (χ2n) is 9.29. The van der Waals surface area contributed by atoms with Crippen molar-refractivity contribution in [3.63, 3.8) is 0 Å². The summed E-state index contributed by atoms with van der Waals surface area (Å²) in [4.78, 5) is 13.8. The summed E-state index contributed by atoms with van der Waals surface area (Å²) in [5.41, 5.74) is 0.450. The van der Waals surface area contributed by atoms with Crippen molar-refractivity contribution in [1.29, 1.82) is 0 Å². The molecule has 0 aromatic heterocycles. The maximum atomic E-state index is 12.4. The highest BCUT2D eigenvalue weighted by Crippen LogP contribution is 2.59. The topological polar surface area (TPSA) is 42.8 Å². The van der Waals surface area contributed by atoms with Gasteiger partial charge in [0, 0.05) is 6.54 Å². The molecule has 4 bridgehead atoms. The lowest BCUT2D eigenvalue weighted by Crippen LogP contribution is -3.16. The normalized spacial score (nSPS) is 48.4. The Morgan fingerprint density at radius 2 is 1.57 bits per heavy atom. The molecule has 5 rings (SSSR count). The van der Waals surface area contributed by atoms with E-state index < -0.39 is 0 Å². The van der Waals surface area contributed by atoms with E-state index in [2.05, 4.69) is 19.2 Å². The van der Waals surface area contributed by atoms with Gasteiger partial charge >= 0.3 is 0 Å². The summed E-state index contributed by atoms with van der Waals surface area (Å²) >= 11 is 0. The summed E-state index contributed by atoms with van der Waals surface area (Å²) in [5, 5.41) is 3.32. The van der Waals surface area contributed by atoms with Crippen molar-refractivity contribution >= 4 is 5.91 Å². The number of hydrogen-bond donors (Lipinski definition) is 2. The molecule has 3 atom stereocenters. The van der Waals surface area contributed by atoms with E-state index in [0.717, 1.165) is 37.4 Å². The van der Waals surface area contributed by atoms with Gasteiger partial charge in [-0.1, -0.05) is 0 Å². The largest absolute Gasteiger partial charge is 0.364 e. The number of rotatable bonds is 4. The van der Waals surface area contributed by atoms with E-state index in [9.17, 15) is 4.79 Å². The fraction of sp³-hybridized carbons (Fsp3) is 0.947. The maximum Gasteiger partial charge on any atom is 0.275 e. The summed E-state index contributed by atoms with van der Waals surface area (Å²) in [6.45, 7) is 7.69. The molecule has 1 amide bonds. The first-order valence-corrected chi connectivity index (χ1v) is 9.75. The molecule has 0 aromatic carbocycles. The first-order chi connectivity index (χ1) is 11.0. The molecular weight excluding hydrogens is 288 g/mol. The summed E-state index contributed by atoms with van der Waals surface area (Å²) in [5.74, 6) is 3.14. The Morgan fingerprint density at radius 3 is 2.09 bits per heavy atom. The van der Waals surface area contributed by atoms with Crippen LogP contribution in [-0.4, -0.2) is 44.3 Å². The second kappa shape index (κ2) is 6.03. The van der Waals surface area contributed by atoms with Gasteiger partial charge in [0.15, 0.2) is 6.54 Å². The van der Waals surface area contributed by atoms with Crippen LogP contribution >= 0.6 is 0 Å². The van der Waals surface area contributed by atoms with Crippen LogP contribution in [0.2, 0.25) is 0 Å². The molecule has 1 unspecified atom stereocenters. The third-order valence-corrected chi connectivity index (χ3v) is 6.85. The molecule has 4 heteroatoms. The van der Waals surface area contributed by atoms with Crippen LogP contribution in [0.1, 0.15) is 52.4 Å². The monoisotopic (exact) mass is 321 g/mol. The number of carbonyl (C=O) groups excluding carboxylic acids is 1. The Morgan fingerprint density at radius 1 is 1.04 bits per heavy atom. The van der Waals surface area contributed by atoms with Crippen LogP contribution in [0.25, 0.3) is 0 Å². The van der Waals surface area contributed by atoms with Gasteiger partial charge in [0.05, 0.1) is 0 Å². The summed E-state index contributed by atoms with van der Waals surface area (Å²) in [6.07, 6.45) is 9.07. The smallest absolute Gasteiger partial charge is 0.275 e. The molecule has 4 saturated carbocycles. The van der Waals surface area contributed by atoms with Crippen LogP contribution in [0.5, 0.6) is 0 Å². The third kappa shape index (κ3) is 3.43. The molecule has 23 heavy (non-hydrogen) atoms. The third-order valence-electron chi connectivity index (χ3n) is 6.85. The van der Waals surface area contributed by atoms with Crippen LogP contribution in [0.4, 0.5) is 0 Å². The highest BCUT2D eigenvalue weighted by atomic mass is 16.5. The van der Waals surface area contributed by atoms with Crippen molar-refractivity contribution in [3.05, 3.63) is 0 Å². The number of nitrogens with one attached hydrogen (secondary N) is 2. The van der Waals surface area contributed by atoms with Crippen molar-refractivity contribution in [3.8, 4) is 0 Å². The van der Waals surface area contributed by atoms with Gasteiger partial charge in [0.25, 0.3) is 5.91 Å². The average molecular weight is 321 g/mol. The van der Waals surface area contributed by atoms with Crippen molar-refractivity contribution < 1.29 is 14.4 Å². The quantitative estimate of drug-likeness (QED) is 0.812. The average Bonchev–Trinajstić information content (AvgIpc) is 2.42. The van der Waals surface area contributed by atoms with Crippen LogP contribution < -0.4 is 10.2 Å². The Hall–Kier alpha value is -0.610.